The Morgan fingerprint density at radius 2 is 1.48 bits per heavy atom. The lowest BCUT2D eigenvalue weighted by atomic mass is 9.98. The summed E-state index contributed by atoms with van der Waals surface area (Å²) in [4.78, 5) is 11.1. The number of esters is 1. The van der Waals surface area contributed by atoms with Crippen LogP contribution in [0.25, 0.3) is 0 Å². The average Bonchev–Trinajstić information content (AvgIpc) is 2.47. The first-order valence-electron chi connectivity index (χ1n) is 8.94. The van der Waals surface area contributed by atoms with Crippen molar-refractivity contribution < 1.29 is 14.3 Å². The van der Waals surface area contributed by atoms with Crippen LogP contribution in [0.2, 0.25) is 0 Å². The molecule has 0 saturated heterocycles. The largest absolute Gasteiger partial charge is 0.466 e. The van der Waals surface area contributed by atoms with Crippen molar-refractivity contribution in [3.8, 4) is 0 Å². The van der Waals surface area contributed by atoms with Crippen molar-refractivity contribution in [3.63, 3.8) is 0 Å². The minimum absolute atomic E-state index is 0.0735. The number of unbranched alkanes of at least 4 members (excludes halogenated alkanes) is 3. The van der Waals surface area contributed by atoms with Gasteiger partial charge in [0.25, 0.3) is 0 Å². The first-order chi connectivity index (χ1) is 10.2. The third kappa shape index (κ3) is 15.6. The molecule has 0 aromatic heterocycles. The summed E-state index contributed by atoms with van der Waals surface area (Å²) >= 11 is 0. The highest BCUT2D eigenvalue weighted by Crippen LogP contribution is 2.14. The lowest BCUT2D eigenvalue weighted by Gasteiger charge is -2.10. The highest BCUT2D eigenvalue weighted by molar-refractivity contribution is 5.69. The van der Waals surface area contributed by atoms with Crippen LogP contribution in [0, 0.1) is 5.92 Å². The Labute approximate surface area is 131 Å². The van der Waals surface area contributed by atoms with Crippen molar-refractivity contribution in [2.24, 2.45) is 5.92 Å². The highest BCUT2D eigenvalue weighted by atomic mass is 16.5. The Bertz CT molecular complexity index is 229. The molecular formula is C18H36O3. The lowest BCUT2D eigenvalue weighted by Crippen LogP contribution is -2.06. The Kier molecular flexibility index (Phi) is 15.4. The van der Waals surface area contributed by atoms with E-state index in [0.717, 1.165) is 38.4 Å². The van der Waals surface area contributed by atoms with E-state index in [-0.39, 0.29) is 5.97 Å². The molecule has 0 aliphatic carbocycles. The van der Waals surface area contributed by atoms with E-state index in [2.05, 4.69) is 13.8 Å². The van der Waals surface area contributed by atoms with Crippen molar-refractivity contribution in [2.45, 2.75) is 85.0 Å². The standard InChI is InChI=1S/C18H36O3/c1-4-6-12-17(3)13-7-8-14-20-15-9-10-16-21-18(19)11-5-2/h17H,4-16H2,1-3H3. The fourth-order valence-electron chi connectivity index (χ4n) is 2.26. The van der Waals surface area contributed by atoms with Crippen molar-refractivity contribution in [2.75, 3.05) is 19.8 Å². The minimum Gasteiger partial charge on any atom is -0.466 e. The first kappa shape index (κ1) is 20.4. The van der Waals surface area contributed by atoms with Crippen molar-refractivity contribution in [1.29, 1.82) is 0 Å². The first-order valence-corrected chi connectivity index (χ1v) is 8.94. The van der Waals surface area contributed by atoms with Crippen molar-refractivity contribution >= 4 is 5.97 Å². The summed E-state index contributed by atoms with van der Waals surface area (Å²) in [5.74, 6) is 0.790. The molecule has 0 rings (SSSR count). The van der Waals surface area contributed by atoms with Gasteiger partial charge in [-0.25, -0.2) is 0 Å². The van der Waals surface area contributed by atoms with Gasteiger partial charge in [-0.05, 0) is 31.6 Å². The van der Waals surface area contributed by atoms with Crippen LogP contribution in [0.15, 0.2) is 0 Å². The van der Waals surface area contributed by atoms with E-state index in [1.807, 2.05) is 6.92 Å². The third-order valence-electron chi connectivity index (χ3n) is 3.69. The van der Waals surface area contributed by atoms with Gasteiger partial charge in [0, 0.05) is 19.6 Å². The predicted molar refractivity (Wildman–Crippen MR) is 88.5 cm³/mol. The van der Waals surface area contributed by atoms with Gasteiger partial charge in [0.1, 0.15) is 0 Å². The third-order valence-corrected chi connectivity index (χ3v) is 3.69. The molecule has 0 bridgehead atoms. The number of hydrogen-bond donors (Lipinski definition) is 0. The minimum atomic E-state index is -0.0735. The van der Waals surface area contributed by atoms with Gasteiger partial charge in [-0.3, -0.25) is 4.79 Å². The van der Waals surface area contributed by atoms with E-state index in [9.17, 15) is 4.79 Å². The van der Waals surface area contributed by atoms with Gasteiger partial charge in [0.05, 0.1) is 6.61 Å². The second-order valence-corrected chi connectivity index (χ2v) is 6.03. The number of hydrogen-bond acceptors (Lipinski definition) is 3. The Hall–Kier alpha value is -0.570. The number of rotatable bonds is 15. The molecule has 0 radical (unpaired) electrons. The Morgan fingerprint density at radius 1 is 0.857 bits per heavy atom. The normalized spacial score (nSPS) is 12.3. The van der Waals surface area contributed by atoms with Crippen LogP contribution in [-0.2, 0) is 14.3 Å². The smallest absolute Gasteiger partial charge is 0.305 e. The summed E-state index contributed by atoms with van der Waals surface area (Å²) < 4.78 is 10.7. The number of ether oxygens (including phenoxy) is 2. The molecule has 1 atom stereocenters. The summed E-state index contributed by atoms with van der Waals surface area (Å²) in [7, 11) is 0. The van der Waals surface area contributed by atoms with Gasteiger partial charge >= 0.3 is 5.97 Å². The average molecular weight is 300 g/mol. The number of carbonyl (C=O) groups is 1. The summed E-state index contributed by atoms with van der Waals surface area (Å²) in [5.41, 5.74) is 0. The van der Waals surface area contributed by atoms with Crippen LogP contribution in [0.5, 0.6) is 0 Å². The fraction of sp³-hybridized carbons (Fsp3) is 0.944. The zero-order chi connectivity index (χ0) is 15.8. The molecule has 0 spiro atoms. The Balaban J connectivity index is 3.14. The van der Waals surface area contributed by atoms with Gasteiger partial charge in [-0.15, -0.1) is 0 Å². The molecule has 0 heterocycles. The van der Waals surface area contributed by atoms with E-state index in [1.54, 1.807) is 0 Å². The maximum absolute atomic E-state index is 11.1. The maximum Gasteiger partial charge on any atom is 0.305 e. The molecule has 0 aliphatic heterocycles. The molecule has 0 aromatic rings. The highest BCUT2D eigenvalue weighted by Gasteiger charge is 2.01. The van der Waals surface area contributed by atoms with Crippen LogP contribution in [0.4, 0.5) is 0 Å². The molecule has 126 valence electrons. The van der Waals surface area contributed by atoms with E-state index in [1.165, 1.54) is 38.5 Å². The van der Waals surface area contributed by atoms with Crippen LogP contribution in [-0.4, -0.2) is 25.8 Å². The summed E-state index contributed by atoms with van der Waals surface area (Å²) in [5, 5.41) is 0. The molecule has 0 saturated carbocycles. The van der Waals surface area contributed by atoms with Gasteiger partial charge in [0.15, 0.2) is 0 Å². The van der Waals surface area contributed by atoms with Crippen LogP contribution in [0.1, 0.15) is 85.0 Å². The zero-order valence-corrected chi connectivity index (χ0v) is 14.5. The lowest BCUT2D eigenvalue weighted by molar-refractivity contribution is -0.143. The second kappa shape index (κ2) is 15.8. The molecule has 0 amide bonds. The molecule has 0 N–H and O–H groups in total. The van der Waals surface area contributed by atoms with Gasteiger partial charge in [-0.1, -0.05) is 52.9 Å². The maximum atomic E-state index is 11.1. The summed E-state index contributed by atoms with van der Waals surface area (Å²) in [6, 6.07) is 0. The van der Waals surface area contributed by atoms with Crippen LogP contribution >= 0.6 is 0 Å². The van der Waals surface area contributed by atoms with Crippen molar-refractivity contribution in [3.05, 3.63) is 0 Å². The quantitative estimate of drug-likeness (QED) is 0.311. The molecule has 21 heavy (non-hydrogen) atoms. The second-order valence-electron chi connectivity index (χ2n) is 6.03. The topological polar surface area (TPSA) is 35.5 Å². The summed E-state index contributed by atoms with van der Waals surface area (Å²) in [6.45, 7) is 8.80. The van der Waals surface area contributed by atoms with Crippen LogP contribution < -0.4 is 0 Å². The van der Waals surface area contributed by atoms with Crippen LogP contribution in [0.3, 0.4) is 0 Å². The molecule has 0 fully saturated rings. The molecule has 0 aliphatic rings. The van der Waals surface area contributed by atoms with E-state index in [4.69, 9.17) is 9.47 Å². The van der Waals surface area contributed by atoms with Gasteiger partial charge < -0.3 is 9.47 Å². The van der Waals surface area contributed by atoms with E-state index in [0.29, 0.717) is 13.0 Å². The molecular weight excluding hydrogens is 264 g/mol. The van der Waals surface area contributed by atoms with Crippen molar-refractivity contribution in [1.82, 2.24) is 0 Å². The molecule has 0 aromatic carbocycles. The van der Waals surface area contributed by atoms with E-state index < -0.39 is 0 Å². The fourth-order valence-corrected chi connectivity index (χ4v) is 2.26. The Morgan fingerprint density at radius 3 is 2.14 bits per heavy atom. The number of carbonyl (C=O) groups excluding carboxylic acids is 1. The molecule has 3 nitrogen and oxygen atoms in total. The predicted octanol–water partition coefficient (Wildman–Crippen LogP) is 5.12. The van der Waals surface area contributed by atoms with E-state index >= 15 is 0 Å². The monoisotopic (exact) mass is 300 g/mol. The zero-order valence-electron chi connectivity index (χ0n) is 14.5. The SMILES string of the molecule is CCCCC(C)CCCCOCCCCOC(=O)CCC. The van der Waals surface area contributed by atoms with Gasteiger partial charge in [0.2, 0.25) is 0 Å². The summed E-state index contributed by atoms with van der Waals surface area (Å²) in [6.07, 6.45) is 11.1. The molecule has 3 heteroatoms. The molecule has 1 unspecified atom stereocenters. The van der Waals surface area contributed by atoms with Gasteiger partial charge in [-0.2, -0.15) is 0 Å².